The Hall–Kier alpha value is -2.09. The highest BCUT2D eigenvalue weighted by atomic mass is 16.5. The van der Waals surface area contributed by atoms with Crippen molar-refractivity contribution in [2.75, 3.05) is 0 Å². The first-order chi connectivity index (χ1) is 12.7. The van der Waals surface area contributed by atoms with Crippen LogP contribution in [0, 0.1) is 0 Å². The van der Waals surface area contributed by atoms with E-state index in [1.165, 1.54) is 16.7 Å². The summed E-state index contributed by atoms with van der Waals surface area (Å²) in [6, 6.07) is 8.41. The second-order valence-electron chi connectivity index (χ2n) is 8.80. The summed E-state index contributed by atoms with van der Waals surface area (Å²) in [6.45, 7) is 13.0. The number of cyclic esters (lactones) is 1. The molecule has 0 amide bonds. The van der Waals surface area contributed by atoms with Crippen LogP contribution in [0.15, 0.2) is 59.2 Å². The molecule has 1 heterocycles. The van der Waals surface area contributed by atoms with Crippen LogP contribution in [-0.2, 0) is 14.9 Å². The van der Waals surface area contributed by atoms with Gasteiger partial charge in [-0.25, -0.2) is 4.79 Å². The van der Waals surface area contributed by atoms with Gasteiger partial charge in [0.15, 0.2) is 0 Å². The summed E-state index contributed by atoms with van der Waals surface area (Å²) < 4.78 is 5.57. The minimum atomic E-state index is -0.246. The Morgan fingerprint density at radius 3 is 2.30 bits per heavy atom. The van der Waals surface area contributed by atoms with Crippen molar-refractivity contribution in [1.29, 1.82) is 0 Å². The summed E-state index contributed by atoms with van der Waals surface area (Å²) in [4.78, 5) is 12.2. The number of allylic oxidation sites excluding steroid dienone is 4. The molecule has 1 atom stereocenters. The monoisotopic (exact) mass is 366 g/mol. The van der Waals surface area contributed by atoms with Crippen LogP contribution in [0.4, 0.5) is 0 Å². The summed E-state index contributed by atoms with van der Waals surface area (Å²) in [6.07, 6.45) is 10.1. The lowest BCUT2D eigenvalue weighted by atomic mass is 9.86. The highest BCUT2D eigenvalue weighted by Crippen LogP contribution is 2.31. The molecule has 0 N–H and O–H groups in total. The fraction of sp³-hybridized carbons (Fsp3) is 0.480. The SMILES string of the molecule is CC(C)=CCC/C(C)=C/CCC1=C[C@H](c2ccc(C(C)(C)C)cc2)OC1=O. The van der Waals surface area contributed by atoms with E-state index < -0.39 is 0 Å². The van der Waals surface area contributed by atoms with Gasteiger partial charge in [0.25, 0.3) is 0 Å². The number of hydrogen-bond donors (Lipinski definition) is 0. The zero-order valence-corrected chi connectivity index (χ0v) is 17.8. The molecule has 1 aromatic carbocycles. The third-order valence-corrected chi connectivity index (χ3v) is 4.95. The minimum absolute atomic E-state index is 0.127. The molecule has 2 nitrogen and oxygen atoms in total. The van der Waals surface area contributed by atoms with Gasteiger partial charge in [0.05, 0.1) is 0 Å². The quantitative estimate of drug-likeness (QED) is 0.384. The van der Waals surface area contributed by atoms with Crippen molar-refractivity contribution >= 4 is 5.97 Å². The van der Waals surface area contributed by atoms with Crippen LogP contribution in [0.5, 0.6) is 0 Å². The summed E-state index contributed by atoms with van der Waals surface area (Å²) >= 11 is 0. The van der Waals surface area contributed by atoms with Crippen molar-refractivity contribution in [3.8, 4) is 0 Å². The van der Waals surface area contributed by atoms with Gasteiger partial charge in [-0.3, -0.25) is 0 Å². The van der Waals surface area contributed by atoms with Crippen LogP contribution in [0.1, 0.15) is 84.5 Å². The molecular weight excluding hydrogens is 332 g/mol. The van der Waals surface area contributed by atoms with E-state index >= 15 is 0 Å². The number of carbonyl (C=O) groups excluding carboxylic acids is 1. The smallest absolute Gasteiger partial charge is 0.334 e. The third kappa shape index (κ3) is 6.53. The topological polar surface area (TPSA) is 26.3 Å². The predicted molar refractivity (Wildman–Crippen MR) is 114 cm³/mol. The van der Waals surface area contributed by atoms with Crippen LogP contribution in [0.3, 0.4) is 0 Å². The first-order valence-corrected chi connectivity index (χ1v) is 9.98. The Morgan fingerprint density at radius 1 is 1.04 bits per heavy atom. The van der Waals surface area contributed by atoms with Crippen molar-refractivity contribution in [3.63, 3.8) is 0 Å². The molecular formula is C25H34O2. The maximum absolute atomic E-state index is 12.2. The highest BCUT2D eigenvalue weighted by molar-refractivity contribution is 5.91. The molecule has 2 heteroatoms. The van der Waals surface area contributed by atoms with Crippen LogP contribution >= 0.6 is 0 Å². The average Bonchev–Trinajstić information content (AvgIpc) is 2.95. The summed E-state index contributed by atoms with van der Waals surface area (Å²) in [7, 11) is 0. The van der Waals surface area contributed by atoms with Gasteiger partial charge in [-0.2, -0.15) is 0 Å². The average molecular weight is 367 g/mol. The molecule has 0 saturated heterocycles. The molecule has 0 spiro atoms. The third-order valence-electron chi connectivity index (χ3n) is 4.95. The summed E-state index contributed by atoms with van der Waals surface area (Å²) in [5.74, 6) is -0.171. The van der Waals surface area contributed by atoms with E-state index in [-0.39, 0.29) is 17.5 Å². The van der Waals surface area contributed by atoms with Crippen molar-refractivity contribution in [2.24, 2.45) is 0 Å². The van der Waals surface area contributed by atoms with E-state index in [9.17, 15) is 4.79 Å². The Morgan fingerprint density at radius 2 is 1.70 bits per heavy atom. The maximum atomic E-state index is 12.2. The van der Waals surface area contributed by atoms with E-state index in [0.29, 0.717) is 0 Å². The lowest BCUT2D eigenvalue weighted by Crippen LogP contribution is -2.11. The van der Waals surface area contributed by atoms with Crippen molar-refractivity contribution in [3.05, 3.63) is 70.3 Å². The number of carbonyl (C=O) groups is 1. The van der Waals surface area contributed by atoms with Gasteiger partial charge in [-0.1, -0.05) is 68.3 Å². The fourth-order valence-corrected chi connectivity index (χ4v) is 3.16. The van der Waals surface area contributed by atoms with Crippen molar-refractivity contribution in [1.82, 2.24) is 0 Å². The Balaban J connectivity index is 1.93. The predicted octanol–water partition coefficient (Wildman–Crippen LogP) is 6.98. The molecule has 0 aliphatic carbocycles. The molecule has 1 aliphatic heterocycles. The molecule has 0 bridgehead atoms. The molecule has 27 heavy (non-hydrogen) atoms. The van der Waals surface area contributed by atoms with Gasteiger partial charge in [-0.05, 0) is 69.1 Å². The zero-order valence-electron chi connectivity index (χ0n) is 17.8. The zero-order chi connectivity index (χ0) is 20.0. The first kappa shape index (κ1) is 21.2. The van der Waals surface area contributed by atoms with Gasteiger partial charge in [0.1, 0.15) is 6.10 Å². The lowest BCUT2D eigenvalue weighted by Gasteiger charge is -2.19. The molecule has 1 aliphatic rings. The second-order valence-corrected chi connectivity index (χ2v) is 8.80. The summed E-state index contributed by atoms with van der Waals surface area (Å²) in [5, 5.41) is 0. The Kier molecular flexibility index (Phi) is 7.24. The maximum Gasteiger partial charge on any atom is 0.334 e. The van der Waals surface area contributed by atoms with Crippen molar-refractivity contribution < 1.29 is 9.53 Å². The Bertz CT molecular complexity index is 736. The van der Waals surface area contributed by atoms with Gasteiger partial charge in [0.2, 0.25) is 0 Å². The Labute approximate surface area is 165 Å². The summed E-state index contributed by atoms with van der Waals surface area (Å²) in [5.41, 5.74) is 6.00. The number of hydrogen-bond acceptors (Lipinski definition) is 2. The molecule has 146 valence electrons. The van der Waals surface area contributed by atoms with Gasteiger partial charge >= 0.3 is 5.97 Å². The van der Waals surface area contributed by atoms with E-state index in [1.54, 1.807) is 0 Å². The normalized spacial score (nSPS) is 17.6. The highest BCUT2D eigenvalue weighted by Gasteiger charge is 2.26. The molecule has 1 aromatic rings. The minimum Gasteiger partial charge on any atom is -0.450 e. The van der Waals surface area contributed by atoms with Gasteiger partial charge in [0, 0.05) is 5.57 Å². The van der Waals surface area contributed by atoms with Crippen LogP contribution in [0.25, 0.3) is 0 Å². The second kappa shape index (κ2) is 9.21. The van der Waals surface area contributed by atoms with E-state index in [0.717, 1.165) is 36.8 Å². The number of benzene rings is 1. The van der Waals surface area contributed by atoms with E-state index in [1.807, 2.05) is 6.08 Å². The number of rotatable bonds is 7. The number of ether oxygens (including phenoxy) is 1. The van der Waals surface area contributed by atoms with Gasteiger partial charge in [-0.15, -0.1) is 0 Å². The molecule has 0 fully saturated rings. The van der Waals surface area contributed by atoms with E-state index in [4.69, 9.17) is 4.74 Å². The molecule has 0 unspecified atom stereocenters. The van der Waals surface area contributed by atoms with Crippen LogP contribution < -0.4 is 0 Å². The first-order valence-electron chi connectivity index (χ1n) is 9.98. The van der Waals surface area contributed by atoms with Crippen LogP contribution in [0.2, 0.25) is 0 Å². The molecule has 0 aromatic heterocycles. The molecule has 0 radical (unpaired) electrons. The molecule has 2 rings (SSSR count). The molecule has 0 saturated carbocycles. The van der Waals surface area contributed by atoms with E-state index in [2.05, 4.69) is 78.0 Å². The fourth-order valence-electron chi connectivity index (χ4n) is 3.16. The lowest BCUT2D eigenvalue weighted by molar-refractivity contribution is -0.140. The largest absolute Gasteiger partial charge is 0.450 e. The number of esters is 1. The van der Waals surface area contributed by atoms with Gasteiger partial charge < -0.3 is 4.74 Å². The standard InChI is InChI=1S/C25H34O2/c1-18(2)9-7-10-19(3)11-8-12-21-17-23(27-24(21)26)20-13-15-22(16-14-20)25(4,5)6/h9,11,13-17,23H,7-8,10,12H2,1-6H3/b19-11+/t23-/m1/s1. The van der Waals surface area contributed by atoms with Crippen molar-refractivity contribution in [2.45, 2.75) is 78.7 Å². The van der Waals surface area contributed by atoms with Crippen LogP contribution in [-0.4, -0.2) is 5.97 Å².